The Morgan fingerprint density at radius 2 is 1.40 bits per heavy atom. The Hall–Kier alpha value is -2.00. The van der Waals surface area contributed by atoms with Crippen molar-refractivity contribution in [2.24, 2.45) is 0 Å². The molecular weight excluding hydrogens is 364 g/mol. The van der Waals surface area contributed by atoms with Gasteiger partial charge in [-0.05, 0) is 63.1 Å². The van der Waals surface area contributed by atoms with E-state index in [0.717, 1.165) is 15.9 Å². The van der Waals surface area contributed by atoms with Crippen LogP contribution in [-0.4, -0.2) is 8.75 Å². The second-order valence-electron chi connectivity index (χ2n) is 5.91. The normalized spacial score (nSPS) is 10.9. The van der Waals surface area contributed by atoms with E-state index in [1.807, 2.05) is 18.3 Å². The second-order valence-corrected chi connectivity index (χ2v) is 8.81. The molecule has 2 nitrogen and oxygen atoms in total. The van der Waals surface area contributed by atoms with Crippen LogP contribution in [0.15, 0.2) is 24.3 Å². The van der Waals surface area contributed by atoms with E-state index in [2.05, 4.69) is 65.6 Å². The topological polar surface area (TPSA) is 25.8 Å². The van der Waals surface area contributed by atoms with Gasteiger partial charge in [-0.1, -0.05) is 5.92 Å². The lowest BCUT2D eigenvalue weighted by Crippen LogP contribution is -1.93. The Labute approximate surface area is 159 Å². The van der Waals surface area contributed by atoms with E-state index in [9.17, 15) is 0 Å². The summed E-state index contributed by atoms with van der Waals surface area (Å²) < 4.78 is 9.30. The maximum absolute atomic E-state index is 4.65. The molecule has 0 saturated carbocycles. The lowest BCUT2D eigenvalue weighted by molar-refractivity contribution is 1.36. The molecule has 25 heavy (non-hydrogen) atoms. The van der Waals surface area contributed by atoms with Crippen LogP contribution >= 0.6 is 34.4 Å². The highest BCUT2D eigenvalue weighted by Crippen LogP contribution is 2.43. The molecule has 3 aromatic heterocycles. The highest BCUT2D eigenvalue weighted by molar-refractivity contribution is 7.16. The largest absolute Gasteiger partial charge is 0.172 e. The summed E-state index contributed by atoms with van der Waals surface area (Å²) in [6.07, 6.45) is 0. The third-order valence-corrected chi connectivity index (χ3v) is 6.93. The van der Waals surface area contributed by atoms with Gasteiger partial charge >= 0.3 is 0 Å². The van der Waals surface area contributed by atoms with Crippen molar-refractivity contribution in [1.29, 1.82) is 0 Å². The molecule has 4 rings (SSSR count). The molecule has 0 amide bonds. The van der Waals surface area contributed by atoms with Gasteiger partial charge in [0.2, 0.25) is 0 Å². The quantitative estimate of drug-likeness (QED) is 0.374. The van der Waals surface area contributed by atoms with Gasteiger partial charge in [-0.15, -0.1) is 28.6 Å². The molecule has 0 spiro atoms. The van der Waals surface area contributed by atoms with E-state index >= 15 is 0 Å². The smallest absolute Gasteiger partial charge is 0.114 e. The Morgan fingerprint density at radius 1 is 0.800 bits per heavy atom. The predicted octanol–water partition coefficient (Wildman–Crippen LogP) is 6.44. The molecule has 0 N–H and O–H groups in total. The Balaban J connectivity index is 2.02. The molecule has 4 aromatic rings. The van der Waals surface area contributed by atoms with Gasteiger partial charge < -0.3 is 0 Å². The van der Waals surface area contributed by atoms with Gasteiger partial charge in [0.05, 0.1) is 16.6 Å². The van der Waals surface area contributed by atoms with Crippen molar-refractivity contribution in [2.75, 3.05) is 0 Å². The van der Waals surface area contributed by atoms with Crippen LogP contribution < -0.4 is 0 Å². The number of rotatable bonds is 2. The maximum atomic E-state index is 4.65. The van der Waals surface area contributed by atoms with Gasteiger partial charge in [0, 0.05) is 25.8 Å². The number of hydrogen-bond acceptors (Lipinski definition) is 5. The number of fused-ring (bicyclic) bond motifs is 1. The first-order chi connectivity index (χ1) is 12.1. The minimum absolute atomic E-state index is 1.01. The van der Waals surface area contributed by atoms with Gasteiger partial charge in [0.15, 0.2) is 0 Å². The molecule has 0 saturated heterocycles. The standard InChI is InChI=1S/C20H16N2S3/c1-5-6-14-8-10-16(24-14)18-13(4)12(3)17(15-9-7-11(2)23-15)19-20(18)22-25-21-19/h7-10H,1-4H3. The van der Waals surface area contributed by atoms with Crippen molar-refractivity contribution in [2.45, 2.75) is 27.7 Å². The maximum Gasteiger partial charge on any atom is 0.114 e. The van der Waals surface area contributed by atoms with Gasteiger partial charge in [-0.2, -0.15) is 8.75 Å². The predicted molar refractivity (Wildman–Crippen MR) is 111 cm³/mol. The van der Waals surface area contributed by atoms with Crippen LogP contribution in [0.25, 0.3) is 31.9 Å². The summed E-state index contributed by atoms with van der Waals surface area (Å²) in [7, 11) is 0. The number of nitrogens with zero attached hydrogens (tertiary/aromatic N) is 2. The van der Waals surface area contributed by atoms with E-state index in [0.29, 0.717) is 0 Å². The molecule has 0 radical (unpaired) electrons. The third-order valence-electron chi connectivity index (χ3n) is 4.36. The highest BCUT2D eigenvalue weighted by atomic mass is 32.1. The zero-order valence-corrected chi connectivity index (χ0v) is 16.9. The van der Waals surface area contributed by atoms with E-state index in [4.69, 9.17) is 0 Å². The zero-order chi connectivity index (χ0) is 17.6. The fourth-order valence-corrected chi connectivity index (χ4v) is 5.63. The van der Waals surface area contributed by atoms with Crippen molar-refractivity contribution >= 4 is 45.4 Å². The summed E-state index contributed by atoms with van der Waals surface area (Å²) in [6, 6.07) is 8.61. The van der Waals surface area contributed by atoms with Gasteiger partial charge in [0.1, 0.15) is 11.0 Å². The average Bonchev–Trinajstić information content (AvgIpc) is 3.31. The van der Waals surface area contributed by atoms with Crippen LogP contribution in [0, 0.1) is 32.6 Å². The van der Waals surface area contributed by atoms with Crippen LogP contribution in [-0.2, 0) is 0 Å². The van der Waals surface area contributed by atoms with E-state index < -0.39 is 0 Å². The van der Waals surface area contributed by atoms with Crippen LogP contribution in [0.3, 0.4) is 0 Å². The Bertz CT molecular complexity index is 1150. The lowest BCUT2D eigenvalue weighted by Gasteiger charge is -2.13. The van der Waals surface area contributed by atoms with E-state index in [-0.39, 0.29) is 0 Å². The molecule has 0 aliphatic carbocycles. The molecule has 0 fully saturated rings. The molecule has 0 aliphatic heterocycles. The van der Waals surface area contributed by atoms with Gasteiger partial charge in [0.25, 0.3) is 0 Å². The van der Waals surface area contributed by atoms with Crippen molar-refractivity contribution in [3.63, 3.8) is 0 Å². The minimum Gasteiger partial charge on any atom is -0.172 e. The van der Waals surface area contributed by atoms with Crippen molar-refractivity contribution in [1.82, 2.24) is 8.75 Å². The first kappa shape index (κ1) is 16.5. The molecule has 0 bridgehead atoms. The SMILES string of the molecule is CC#Cc1ccc(-c2c(C)c(C)c(-c3ccc(C)s3)c3nsnc23)s1. The summed E-state index contributed by atoms with van der Waals surface area (Å²) >= 11 is 4.83. The number of aromatic nitrogens is 2. The van der Waals surface area contributed by atoms with Crippen molar-refractivity contribution < 1.29 is 0 Å². The molecular formula is C20H16N2S3. The molecule has 5 heteroatoms. The van der Waals surface area contributed by atoms with Gasteiger partial charge in [-0.25, -0.2) is 0 Å². The Morgan fingerprint density at radius 3 is 1.96 bits per heavy atom. The summed E-state index contributed by atoms with van der Waals surface area (Å²) in [4.78, 5) is 4.88. The van der Waals surface area contributed by atoms with Crippen LogP contribution in [0.2, 0.25) is 0 Å². The summed E-state index contributed by atoms with van der Waals surface area (Å²) in [5.74, 6) is 6.13. The molecule has 0 aliphatic rings. The fourth-order valence-electron chi connectivity index (χ4n) is 3.08. The molecule has 124 valence electrons. The molecule has 0 atom stereocenters. The first-order valence-electron chi connectivity index (χ1n) is 7.95. The van der Waals surface area contributed by atoms with Crippen molar-refractivity contribution in [3.8, 4) is 32.7 Å². The first-order valence-corrected chi connectivity index (χ1v) is 10.3. The number of thiophene rings is 2. The molecule has 3 heterocycles. The summed E-state index contributed by atoms with van der Waals surface area (Å²) in [5.41, 5.74) is 7.02. The van der Waals surface area contributed by atoms with E-state index in [1.54, 1.807) is 11.3 Å². The minimum atomic E-state index is 1.01. The van der Waals surface area contributed by atoms with Crippen LogP contribution in [0.1, 0.15) is 27.8 Å². The van der Waals surface area contributed by atoms with Crippen molar-refractivity contribution in [3.05, 3.63) is 45.1 Å². The average molecular weight is 381 g/mol. The monoisotopic (exact) mass is 380 g/mol. The number of aryl methyl sites for hydroxylation is 1. The zero-order valence-electron chi connectivity index (χ0n) is 14.4. The van der Waals surface area contributed by atoms with Crippen LogP contribution in [0.5, 0.6) is 0 Å². The number of benzene rings is 1. The highest BCUT2D eigenvalue weighted by Gasteiger charge is 2.21. The Kier molecular flexibility index (Phi) is 4.20. The lowest BCUT2D eigenvalue weighted by atomic mass is 9.94. The number of hydrogen-bond donors (Lipinski definition) is 0. The molecule has 0 unspecified atom stereocenters. The van der Waals surface area contributed by atoms with Crippen LogP contribution in [0.4, 0.5) is 0 Å². The third kappa shape index (κ3) is 2.71. The van der Waals surface area contributed by atoms with E-state index in [1.165, 1.54) is 48.6 Å². The fraction of sp³-hybridized carbons (Fsp3) is 0.200. The summed E-state index contributed by atoms with van der Waals surface area (Å²) in [5, 5.41) is 0. The second kappa shape index (κ2) is 6.38. The molecule has 1 aromatic carbocycles. The summed E-state index contributed by atoms with van der Waals surface area (Å²) in [6.45, 7) is 8.40. The van der Waals surface area contributed by atoms with Gasteiger partial charge in [-0.3, -0.25) is 0 Å².